The van der Waals surface area contributed by atoms with E-state index < -0.39 is 42.7 Å². The number of nitrogens with zero attached hydrogens (tertiary/aromatic N) is 1. The van der Waals surface area contributed by atoms with Crippen LogP contribution in [0.5, 0.6) is 0 Å². The van der Waals surface area contributed by atoms with Gasteiger partial charge < -0.3 is 26.8 Å². The third kappa shape index (κ3) is 2.92. The number of halogens is 1. The predicted molar refractivity (Wildman–Crippen MR) is 70.6 cm³/mol. The standard InChI is InChI=1S/C12H13FN4O4/c13-6-1-5-7(16-12(21)11(5)20)2-8(6)17(3-9(14)18)4-10(15)19/h1-2,11,20H,3-4H2,(H2,14,18)(H2,15,19)(H,16,21). The minimum Gasteiger partial charge on any atom is -0.378 e. The fourth-order valence-electron chi connectivity index (χ4n) is 2.10. The molecule has 1 heterocycles. The second kappa shape index (κ2) is 5.37. The maximum Gasteiger partial charge on any atom is 0.257 e. The van der Waals surface area contributed by atoms with Gasteiger partial charge in [0.25, 0.3) is 5.91 Å². The molecule has 6 N–H and O–H groups in total. The summed E-state index contributed by atoms with van der Waals surface area (Å²) in [5.74, 6) is -3.05. The fourth-order valence-corrected chi connectivity index (χ4v) is 2.10. The lowest BCUT2D eigenvalue weighted by atomic mass is 10.1. The molecule has 112 valence electrons. The Balaban J connectivity index is 2.42. The normalized spacial score (nSPS) is 16.3. The molecule has 1 atom stereocenters. The van der Waals surface area contributed by atoms with Crippen LogP contribution in [0.4, 0.5) is 15.8 Å². The number of aliphatic hydroxyl groups excluding tert-OH is 1. The third-order valence-electron chi connectivity index (χ3n) is 2.95. The fraction of sp³-hybridized carbons (Fsp3) is 0.250. The summed E-state index contributed by atoms with van der Waals surface area (Å²) in [6.45, 7) is -0.843. The van der Waals surface area contributed by atoms with E-state index in [0.717, 1.165) is 11.0 Å². The number of benzene rings is 1. The van der Waals surface area contributed by atoms with E-state index in [9.17, 15) is 23.9 Å². The molecule has 8 nitrogen and oxygen atoms in total. The summed E-state index contributed by atoms with van der Waals surface area (Å²) in [5.41, 5.74) is 10.3. The molecule has 1 aliphatic rings. The minimum atomic E-state index is -1.45. The van der Waals surface area contributed by atoms with Crippen LogP contribution in [0.25, 0.3) is 0 Å². The van der Waals surface area contributed by atoms with Gasteiger partial charge in [0.05, 0.1) is 18.8 Å². The van der Waals surface area contributed by atoms with Gasteiger partial charge in [-0.1, -0.05) is 0 Å². The van der Waals surface area contributed by atoms with Crippen LogP contribution in [-0.2, 0) is 14.4 Å². The van der Waals surface area contributed by atoms with Gasteiger partial charge in [0, 0.05) is 11.3 Å². The van der Waals surface area contributed by atoms with E-state index in [4.69, 9.17) is 11.5 Å². The Morgan fingerprint density at radius 3 is 2.38 bits per heavy atom. The molecule has 0 fully saturated rings. The lowest BCUT2D eigenvalue weighted by Crippen LogP contribution is -2.40. The highest BCUT2D eigenvalue weighted by Gasteiger charge is 2.31. The number of carbonyl (C=O) groups excluding carboxylic acids is 3. The Kier molecular flexibility index (Phi) is 3.76. The smallest absolute Gasteiger partial charge is 0.257 e. The molecule has 0 saturated heterocycles. The Labute approximate surface area is 118 Å². The summed E-state index contributed by atoms with van der Waals surface area (Å²) < 4.78 is 14.1. The van der Waals surface area contributed by atoms with Crippen molar-refractivity contribution in [1.29, 1.82) is 0 Å². The van der Waals surface area contributed by atoms with Crippen LogP contribution in [-0.4, -0.2) is 35.9 Å². The van der Waals surface area contributed by atoms with Gasteiger partial charge in [0.2, 0.25) is 11.8 Å². The second-order valence-electron chi connectivity index (χ2n) is 4.57. The van der Waals surface area contributed by atoms with Crippen molar-refractivity contribution in [2.75, 3.05) is 23.3 Å². The third-order valence-corrected chi connectivity index (χ3v) is 2.95. The van der Waals surface area contributed by atoms with Gasteiger partial charge in [-0.25, -0.2) is 4.39 Å². The van der Waals surface area contributed by atoms with Crippen LogP contribution < -0.4 is 21.7 Å². The number of primary amides is 2. The zero-order chi connectivity index (χ0) is 15.7. The van der Waals surface area contributed by atoms with E-state index in [-0.39, 0.29) is 16.9 Å². The summed E-state index contributed by atoms with van der Waals surface area (Å²) in [4.78, 5) is 34.4. The van der Waals surface area contributed by atoms with E-state index in [1.165, 1.54) is 6.07 Å². The molecule has 1 aliphatic heterocycles. The number of fused-ring (bicyclic) bond motifs is 1. The van der Waals surface area contributed by atoms with Crippen LogP contribution in [0, 0.1) is 5.82 Å². The van der Waals surface area contributed by atoms with Crippen molar-refractivity contribution in [2.24, 2.45) is 11.5 Å². The Morgan fingerprint density at radius 2 is 1.86 bits per heavy atom. The first-order valence-electron chi connectivity index (χ1n) is 5.93. The molecule has 1 aromatic carbocycles. The van der Waals surface area contributed by atoms with E-state index in [2.05, 4.69) is 5.32 Å². The number of nitrogens with two attached hydrogens (primary N) is 2. The van der Waals surface area contributed by atoms with Gasteiger partial charge in [0.1, 0.15) is 5.82 Å². The first-order chi connectivity index (χ1) is 9.79. The van der Waals surface area contributed by atoms with Gasteiger partial charge in [0.15, 0.2) is 6.10 Å². The highest BCUT2D eigenvalue weighted by Crippen LogP contribution is 2.35. The van der Waals surface area contributed by atoms with E-state index in [0.29, 0.717) is 0 Å². The Hall–Kier alpha value is -2.68. The zero-order valence-corrected chi connectivity index (χ0v) is 10.8. The second-order valence-corrected chi connectivity index (χ2v) is 4.57. The number of rotatable bonds is 5. The highest BCUT2D eigenvalue weighted by molar-refractivity contribution is 6.02. The minimum absolute atomic E-state index is 0.0827. The molecule has 0 aromatic heterocycles. The van der Waals surface area contributed by atoms with Gasteiger partial charge in [-0.15, -0.1) is 0 Å². The first kappa shape index (κ1) is 14.7. The molecule has 3 amide bonds. The maximum absolute atomic E-state index is 14.1. The van der Waals surface area contributed by atoms with E-state index in [1.807, 2.05) is 0 Å². The summed E-state index contributed by atoms with van der Waals surface area (Å²) in [5, 5.41) is 11.9. The molecule has 9 heteroatoms. The van der Waals surface area contributed by atoms with Gasteiger partial charge in [-0.3, -0.25) is 14.4 Å². The number of amides is 3. The summed E-state index contributed by atoms with van der Waals surface area (Å²) in [6.07, 6.45) is -1.45. The molecule has 0 spiro atoms. The largest absolute Gasteiger partial charge is 0.378 e. The zero-order valence-electron chi connectivity index (χ0n) is 10.8. The van der Waals surface area contributed by atoms with Crippen molar-refractivity contribution in [3.8, 4) is 0 Å². The molecule has 0 bridgehead atoms. The van der Waals surface area contributed by atoms with Crippen LogP contribution in [0.1, 0.15) is 11.7 Å². The number of aliphatic hydroxyl groups is 1. The SMILES string of the molecule is NC(=O)CN(CC(N)=O)c1cc2c(cc1F)C(O)C(=O)N2. The Bertz CT molecular complexity index is 618. The number of hydrogen-bond acceptors (Lipinski definition) is 5. The molecular weight excluding hydrogens is 283 g/mol. The molecule has 2 rings (SSSR count). The van der Waals surface area contributed by atoms with Crippen molar-refractivity contribution in [3.63, 3.8) is 0 Å². The van der Waals surface area contributed by atoms with Crippen molar-refractivity contribution >= 4 is 29.1 Å². The van der Waals surface area contributed by atoms with Gasteiger partial charge in [-0.05, 0) is 12.1 Å². The number of hydrogen-bond donors (Lipinski definition) is 4. The number of nitrogens with one attached hydrogen (secondary N) is 1. The van der Waals surface area contributed by atoms with E-state index >= 15 is 0 Å². The molecule has 0 radical (unpaired) electrons. The lowest BCUT2D eigenvalue weighted by molar-refractivity contribution is -0.123. The number of anilines is 2. The average Bonchev–Trinajstić information content (AvgIpc) is 2.63. The molecule has 0 aliphatic carbocycles. The topological polar surface area (TPSA) is 139 Å². The monoisotopic (exact) mass is 296 g/mol. The van der Waals surface area contributed by atoms with E-state index in [1.54, 1.807) is 0 Å². The maximum atomic E-state index is 14.1. The molecule has 1 aromatic rings. The van der Waals surface area contributed by atoms with Crippen LogP contribution in [0.3, 0.4) is 0 Å². The van der Waals surface area contributed by atoms with Crippen LogP contribution in [0.2, 0.25) is 0 Å². The summed E-state index contributed by atoms with van der Waals surface area (Å²) in [7, 11) is 0. The van der Waals surface area contributed by atoms with Crippen molar-refractivity contribution in [3.05, 3.63) is 23.5 Å². The highest BCUT2D eigenvalue weighted by atomic mass is 19.1. The molecule has 1 unspecified atom stereocenters. The summed E-state index contributed by atoms with van der Waals surface area (Å²) in [6, 6.07) is 2.17. The van der Waals surface area contributed by atoms with Crippen molar-refractivity contribution in [2.45, 2.75) is 6.10 Å². The summed E-state index contributed by atoms with van der Waals surface area (Å²) >= 11 is 0. The van der Waals surface area contributed by atoms with Crippen LogP contribution in [0.15, 0.2) is 12.1 Å². The predicted octanol–water partition coefficient (Wildman–Crippen LogP) is -1.41. The van der Waals surface area contributed by atoms with Gasteiger partial charge in [-0.2, -0.15) is 0 Å². The van der Waals surface area contributed by atoms with Crippen molar-refractivity contribution in [1.82, 2.24) is 0 Å². The molecule has 0 saturated carbocycles. The Morgan fingerprint density at radius 1 is 1.29 bits per heavy atom. The molecule has 21 heavy (non-hydrogen) atoms. The quantitative estimate of drug-likeness (QED) is 0.528. The average molecular weight is 296 g/mol. The first-order valence-corrected chi connectivity index (χ1v) is 5.93. The van der Waals surface area contributed by atoms with Crippen LogP contribution >= 0.6 is 0 Å². The van der Waals surface area contributed by atoms with Crippen molar-refractivity contribution < 1.29 is 23.9 Å². The number of carbonyl (C=O) groups is 3. The van der Waals surface area contributed by atoms with Gasteiger partial charge >= 0.3 is 0 Å². The molecular formula is C12H13FN4O4. The lowest BCUT2D eigenvalue weighted by Gasteiger charge is -2.23.